The maximum absolute atomic E-state index is 12.9. The highest BCUT2D eigenvalue weighted by molar-refractivity contribution is 5.71. The van der Waals surface area contributed by atoms with Crippen LogP contribution in [-0.2, 0) is 28.6 Å². The molecule has 0 N–H and O–H groups in total. The summed E-state index contributed by atoms with van der Waals surface area (Å²) in [5.74, 6) is -0.980. The summed E-state index contributed by atoms with van der Waals surface area (Å²) in [6, 6.07) is 0. The third-order valence-corrected chi connectivity index (χ3v) is 13.2. The summed E-state index contributed by atoms with van der Waals surface area (Å²) in [4.78, 5) is 38.4. The Morgan fingerprint density at radius 1 is 0.259 bits per heavy atom. The molecule has 0 aliphatic carbocycles. The van der Waals surface area contributed by atoms with Gasteiger partial charge in [0.25, 0.3) is 0 Å². The Morgan fingerprint density at radius 3 is 0.778 bits per heavy atom. The molecule has 0 aromatic heterocycles. The Balaban J connectivity index is 4.53. The summed E-state index contributed by atoms with van der Waals surface area (Å²) in [6.45, 7) is 6.33. The van der Waals surface area contributed by atoms with E-state index in [2.05, 4.69) is 191 Å². The fraction of sp³-hybridized carbons (Fsp3) is 0.587. The van der Waals surface area contributed by atoms with E-state index in [9.17, 15) is 14.4 Å². The number of unbranched alkanes of at least 4 members (excludes halogenated alkanes) is 18. The van der Waals surface area contributed by atoms with Crippen LogP contribution in [0.3, 0.4) is 0 Å². The van der Waals surface area contributed by atoms with Gasteiger partial charge in [0.05, 0.1) is 0 Å². The maximum atomic E-state index is 12.9. The van der Waals surface area contributed by atoms with E-state index in [0.29, 0.717) is 19.3 Å². The Morgan fingerprint density at radius 2 is 0.481 bits per heavy atom. The molecule has 1 unspecified atom stereocenters. The van der Waals surface area contributed by atoms with E-state index < -0.39 is 6.10 Å². The lowest BCUT2D eigenvalue weighted by atomic mass is 10.1. The van der Waals surface area contributed by atoms with Gasteiger partial charge in [-0.3, -0.25) is 14.4 Å². The number of ether oxygens (including phenoxy) is 3. The number of rotatable bonds is 57. The Kier molecular flexibility index (Phi) is 62.9. The van der Waals surface area contributed by atoms with Crippen molar-refractivity contribution in [3.05, 3.63) is 170 Å². The predicted octanol–water partition coefficient (Wildman–Crippen LogP) is 22.7. The van der Waals surface area contributed by atoms with Gasteiger partial charge in [0, 0.05) is 19.3 Å². The molecular formula is C75H118O6. The first-order valence-corrected chi connectivity index (χ1v) is 32.6. The van der Waals surface area contributed by atoms with Crippen LogP contribution >= 0.6 is 0 Å². The van der Waals surface area contributed by atoms with Crippen molar-refractivity contribution in [1.29, 1.82) is 0 Å². The van der Waals surface area contributed by atoms with Crippen molar-refractivity contribution >= 4 is 17.9 Å². The van der Waals surface area contributed by atoms with Crippen LogP contribution in [-0.4, -0.2) is 37.2 Å². The molecule has 6 heteroatoms. The smallest absolute Gasteiger partial charge is 0.306 e. The Hall–Kier alpha value is -5.23. The number of allylic oxidation sites excluding steroid dienone is 28. The molecule has 0 aromatic rings. The maximum Gasteiger partial charge on any atom is 0.306 e. The van der Waals surface area contributed by atoms with Crippen molar-refractivity contribution in [1.82, 2.24) is 0 Å². The summed E-state index contributed by atoms with van der Waals surface area (Å²) < 4.78 is 16.9. The number of hydrogen-bond donors (Lipinski definition) is 0. The molecule has 1 atom stereocenters. The van der Waals surface area contributed by atoms with Crippen molar-refractivity contribution in [3.63, 3.8) is 0 Å². The Labute approximate surface area is 498 Å². The molecular weight excluding hydrogens is 997 g/mol. The molecule has 0 spiro atoms. The minimum Gasteiger partial charge on any atom is -0.462 e. The summed E-state index contributed by atoms with van der Waals surface area (Å²) in [5, 5.41) is 0. The van der Waals surface area contributed by atoms with Crippen LogP contribution in [0.1, 0.15) is 265 Å². The van der Waals surface area contributed by atoms with Crippen molar-refractivity contribution in [3.8, 4) is 0 Å². The van der Waals surface area contributed by atoms with Crippen LogP contribution in [0, 0.1) is 0 Å². The third-order valence-electron chi connectivity index (χ3n) is 13.2. The largest absolute Gasteiger partial charge is 0.462 e. The fourth-order valence-electron chi connectivity index (χ4n) is 8.36. The van der Waals surface area contributed by atoms with Crippen molar-refractivity contribution in [2.45, 2.75) is 271 Å². The molecule has 0 rings (SSSR count). The first kappa shape index (κ1) is 75.8. The summed E-state index contributed by atoms with van der Waals surface area (Å²) in [7, 11) is 0. The van der Waals surface area contributed by atoms with Gasteiger partial charge in [-0.1, -0.05) is 262 Å². The number of hydrogen-bond acceptors (Lipinski definition) is 6. The molecule has 0 saturated heterocycles. The van der Waals surface area contributed by atoms with E-state index in [0.717, 1.165) is 154 Å². The molecule has 0 fully saturated rings. The van der Waals surface area contributed by atoms with Crippen molar-refractivity contribution < 1.29 is 28.6 Å². The van der Waals surface area contributed by atoms with Gasteiger partial charge in [0.15, 0.2) is 6.10 Å². The molecule has 0 heterocycles. The van der Waals surface area contributed by atoms with E-state index in [1.54, 1.807) is 0 Å². The number of carbonyl (C=O) groups excluding carboxylic acids is 3. The van der Waals surface area contributed by atoms with E-state index in [1.165, 1.54) is 64.2 Å². The topological polar surface area (TPSA) is 78.9 Å². The average Bonchev–Trinajstić information content (AvgIpc) is 3.47. The second-order valence-corrected chi connectivity index (χ2v) is 20.9. The first-order chi connectivity index (χ1) is 40.0. The minimum atomic E-state index is -0.819. The Bertz CT molecular complexity index is 1860. The molecule has 0 bridgehead atoms. The summed E-state index contributed by atoms with van der Waals surface area (Å²) >= 11 is 0. The van der Waals surface area contributed by atoms with Gasteiger partial charge in [-0.15, -0.1) is 0 Å². The molecule has 0 aromatic carbocycles. The third kappa shape index (κ3) is 65.5. The van der Waals surface area contributed by atoms with Gasteiger partial charge in [-0.05, 0) is 154 Å². The van der Waals surface area contributed by atoms with E-state index in [4.69, 9.17) is 14.2 Å². The standard InChI is InChI=1S/C75H118O6/c1-4-7-10-13-16-19-22-25-28-31-33-34-35-36-37-38-39-40-42-44-47-50-53-56-59-62-65-68-74(77)80-71-72(70-79-73(76)67-64-61-58-55-52-49-46-43-30-27-24-21-18-15-12-9-6-3)81-75(78)69-66-63-60-57-54-51-48-45-41-32-29-26-23-20-17-14-11-8-5-2/h7-8,10-11,16-21,25-30,33-34,36-37,39-41,44-45,47,53,56,72H,4-6,9,12-15,22-24,31-32,35,38,42-43,46,48-52,54-55,57-71H2,1-3H3/b10-7-,11-8-,19-16-,20-17-,21-18-,28-25-,29-26-,30-27-,34-33-,37-36-,40-39-,45-41-,47-44-,56-53-. The highest BCUT2D eigenvalue weighted by atomic mass is 16.6. The van der Waals surface area contributed by atoms with Crippen molar-refractivity contribution in [2.24, 2.45) is 0 Å². The molecule has 0 radical (unpaired) electrons. The van der Waals surface area contributed by atoms with Gasteiger partial charge in [-0.25, -0.2) is 0 Å². The van der Waals surface area contributed by atoms with E-state index in [1.807, 2.05) is 0 Å². The zero-order valence-electron chi connectivity index (χ0n) is 52.0. The predicted molar refractivity (Wildman–Crippen MR) is 352 cm³/mol. The lowest BCUT2D eigenvalue weighted by Crippen LogP contribution is -2.30. The minimum absolute atomic E-state index is 0.110. The lowest BCUT2D eigenvalue weighted by Gasteiger charge is -2.18. The van der Waals surface area contributed by atoms with E-state index >= 15 is 0 Å². The molecule has 0 aliphatic rings. The van der Waals surface area contributed by atoms with E-state index in [-0.39, 0.29) is 37.5 Å². The normalized spacial score (nSPS) is 13.3. The van der Waals surface area contributed by atoms with Crippen LogP contribution in [0.5, 0.6) is 0 Å². The van der Waals surface area contributed by atoms with Gasteiger partial charge in [-0.2, -0.15) is 0 Å². The summed E-state index contributed by atoms with van der Waals surface area (Å²) in [6.07, 6.45) is 99.2. The monoisotopic (exact) mass is 1110 g/mol. The average molecular weight is 1120 g/mol. The van der Waals surface area contributed by atoms with Crippen LogP contribution < -0.4 is 0 Å². The molecule has 6 nitrogen and oxygen atoms in total. The van der Waals surface area contributed by atoms with Crippen LogP contribution in [0.4, 0.5) is 0 Å². The summed E-state index contributed by atoms with van der Waals surface area (Å²) in [5.41, 5.74) is 0. The molecule has 0 saturated carbocycles. The zero-order valence-corrected chi connectivity index (χ0v) is 52.0. The quantitative estimate of drug-likeness (QED) is 0.0261. The highest BCUT2D eigenvalue weighted by Crippen LogP contribution is 2.14. The van der Waals surface area contributed by atoms with Crippen LogP contribution in [0.2, 0.25) is 0 Å². The van der Waals surface area contributed by atoms with Crippen LogP contribution in [0.15, 0.2) is 170 Å². The fourth-order valence-corrected chi connectivity index (χ4v) is 8.36. The van der Waals surface area contributed by atoms with Crippen molar-refractivity contribution in [2.75, 3.05) is 13.2 Å². The second-order valence-electron chi connectivity index (χ2n) is 20.9. The SMILES string of the molecule is CC/C=C\C/C=C\C/C=C\C/C=C\C/C=C\C/C=C\C/C=C\C/C=C\CCCCC(=O)OCC(COC(=O)CCCCCCCCC/C=C\C/C=C\CCCCC)OC(=O)CCCCCCCC/C=C\C/C=C\C/C=C\C/C=C\CC. The zero-order chi connectivity index (χ0) is 58.5. The molecule has 0 aliphatic heterocycles. The number of carbonyl (C=O) groups is 3. The molecule has 454 valence electrons. The number of esters is 3. The van der Waals surface area contributed by atoms with Gasteiger partial charge in [0.1, 0.15) is 13.2 Å². The van der Waals surface area contributed by atoms with Crippen LogP contribution in [0.25, 0.3) is 0 Å². The van der Waals surface area contributed by atoms with Gasteiger partial charge in [0.2, 0.25) is 0 Å². The molecule has 81 heavy (non-hydrogen) atoms. The van der Waals surface area contributed by atoms with Gasteiger partial charge >= 0.3 is 17.9 Å². The molecule has 0 amide bonds. The lowest BCUT2D eigenvalue weighted by molar-refractivity contribution is -0.167. The highest BCUT2D eigenvalue weighted by Gasteiger charge is 2.19. The van der Waals surface area contributed by atoms with Gasteiger partial charge < -0.3 is 14.2 Å². The first-order valence-electron chi connectivity index (χ1n) is 32.6. The second kappa shape index (κ2) is 67.3.